The maximum absolute atomic E-state index is 13.3. The molecule has 4 nitrogen and oxygen atoms in total. The van der Waals surface area contributed by atoms with Crippen LogP contribution >= 0.6 is 11.6 Å². The monoisotopic (exact) mass is 269 g/mol. The number of esters is 1. The van der Waals surface area contributed by atoms with Crippen LogP contribution in [-0.4, -0.2) is 17.6 Å². The summed E-state index contributed by atoms with van der Waals surface area (Å²) < 4.78 is 23.3. The molecule has 94 valence electrons. The molecular formula is C12H9ClFNO3. The Hall–Kier alpha value is -1.88. The van der Waals surface area contributed by atoms with E-state index in [0.29, 0.717) is 0 Å². The Morgan fingerprint density at radius 3 is 3.06 bits per heavy atom. The fourth-order valence-electron chi connectivity index (χ4n) is 1.46. The lowest BCUT2D eigenvalue weighted by Gasteiger charge is -2.04. The highest BCUT2D eigenvalue weighted by Crippen LogP contribution is 2.32. The van der Waals surface area contributed by atoms with Gasteiger partial charge < -0.3 is 9.15 Å². The topological polar surface area (TPSA) is 52.3 Å². The van der Waals surface area contributed by atoms with E-state index in [-0.39, 0.29) is 28.6 Å². The summed E-state index contributed by atoms with van der Waals surface area (Å²) in [4.78, 5) is 15.4. The summed E-state index contributed by atoms with van der Waals surface area (Å²) in [6, 6.07) is 4.22. The van der Waals surface area contributed by atoms with Gasteiger partial charge in [-0.25, -0.2) is 14.2 Å². The summed E-state index contributed by atoms with van der Waals surface area (Å²) >= 11 is 5.82. The van der Waals surface area contributed by atoms with E-state index in [1.54, 1.807) is 6.92 Å². The predicted octanol–water partition coefficient (Wildman–Crippen LogP) is 3.31. The zero-order chi connectivity index (χ0) is 13.1. The summed E-state index contributed by atoms with van der Waals surface area (Å²) in [5.74, 6) is -1.14. The van der Waals surface area contributed by atoms with Gasteiger partial charge in [-0.1, -0.05) is 17.7 Å². The Labute approximate surface area is 107 Å². The Morgan fingerprint density at radius 1 is 1.56 bits per heavy atom. The SMILES string of the molecule is CCOC(=O)c1ncoc1-c1cccc(F)c1Cl. The van der Waals surface area contributed by atoms with Crippen molar-refractivity contribution < 1.29 is 18.3 Å². The van der Waals surface area contributed by atoms with Gasteiger partial charge in [-0.15, -0.1) is 0 Å². The average Bonchev–Trinajstić information content (AvgIpc) is 2.82. The second kappa shape index (κ2) is 5.18. The normalized spacial score (nSPS) is 10.4. The molecule has 0 aliphatic rings. The Morgan fingerprint density at radius 2 is 2.33 bits per heavy atom. The third kappa shape index (κ3) is 2.22. The van der Waals surface area contributed by atoms with Gasteiger partial charge in [0.05, 0.1) is 11.6 Å². The fourth-order valence-corrected chi connectivity index (χ4v) is 1.67. The van der Waals surface area contributed by atoms with Crippen LogP contribution in [0.3, 0.4) is 0 Å². The van der Waals surface area contributed by atoms with E-state index in [0.717, 1.165) is 6.39 Å². The largest absolute Gasteiger partial charge is 0.461 e. The quantitative estimate of drug-likeness (QED) is 0.802. The number of carbonyl (C=O) groups excluding carboxylic acids is 1. The van der Waals surface area contributed by atoms with E-state index < -0.39 is 11.8 Å². The van der Waals surface area contributed by atoms with Crippen LogP contribution in [0, 0.1) is 5.82 Å². The molecule has 1 aromatic carbocycles. The van der Waals surface area contributed by atoms with Gasteiger partial charge in [0.1, 0.15) is 5.82 Å². The standard InChI is InChI=1S/C12H9ClFNO3/c1-2-17-12(16)10-11(18-6-15-10)7-4-3-5-8(14)9(7)13/h3-6H,2H2,1H3. The first kappa shape index (κ1) is 12.6. The van der Waals surface area contributed by atoms with Crippen molar-refractivity contribution in [2.45, 2.75) is 6.92 Å². The van der Waals surface area contributed by atoms with E-state index in [1.807, 2.05) is 0 Å². The van der Waals surface area contributed by atoms with Crippen molar-refractivity contribution in [1.29, 1.82) is 0 Å². The molecule has 0 saturated carbocycles. The smallest absolute Gasteiger partial charge is 0.360 e. The number of carbonyl (C=O) groups is 1. The number of hydrogen-bond acceptors (Lipinski definition) is 4. The lowest BCUT2D eigenvalue weighted by molar-refractivity contribution is 0.0520. The number of hydrogen-bond donors (Lipinski definition) is 0. The van der Waals surface area contributed by atoms with E-state index >= 15 is 0 Å². The highest BCUT2D eigenvalue weighted by molar-refractivity contribution is 6.33. The molecule has 0 fully saturated rings. The molecule has 0 aliphatic carbocycles. The van der Waals surface area contributed by atoms with Gasteiger partial charge in [0, 0.05) is 5.56 Å². The van der Waals surface area contributed by atoms with Crippen LogP contribution in [0.1, 0.15) is 17.4 Å². The van der Waals surface area contributed by atoms with Crippen molar-refractivity contribution in [3.63, 3.8) is 0 Å². The Bertz CT molecular complexity index is 582. The Kier molecular flexibility index (Phi) is 3.62. The molecule has 0 unspecified atom stereocenters. The van der Waals surface area contributed by atoms with Crippen molar-refractivity contribution in [2.75, 3.05) is 6.61 Å². The molecule has 0 N–H and O–H groups in total. The van der Waals surface area contributed by atoms with Gasteiger partial charge in [0.25, 0.3) is 0 Å². The number of ether oxygens (including phenoxy) is 1. The third-order valence-electron chi connectivity index (χ3n) is 2.23. The lowest BCUT2D eigenvalue weighted by Crippen LogP contribution is -2.06. The number of aromatic nitrogens is 1. The number of oxazole rings is 1. The predicted molar refractivity (Wildman–Crippen MR) is 62.9 cm³/mol. The molecule has 0 aliphatic heterocycles. The summed E-state index contributed by atoms with van der Waals surface area (Å²) in [6.45, 7) is 1.88. The Balaban J connectivity index is 2.49. The van der Waals surface area contributed by atoms with Crippen molar-refractivity contribution in [2.24, 2.45) is 0 Å². The van der Waals surface area contributed by atoms with E-state index in [2.05, 4.69) is 4.98 Å². The van der Waals surface area contributed by atoms with Gasteiger partial charge in [-0.3, -0.25) is 0 Å². The van der Waals surface area contributed by atoms with Crippen LogP contribution in [0.4, 0.5) is 4.39 Å². The molecule has 0 saturated heterocycles. The lowest BCUT2D eigenvalue weighted by atomic mass is 10.1. The number of benzene rings is 1. The van der Waals surface area contributed by atoms with E-state index in [4.69, 9.17) is 20.8 Å². The molecule has 2 rings (SSSR count). The van der Waals surface area contributed by atoms with Crippen LogP contribution in [-0.2, 0) is 4.74 Å². The van der Waals surface area contributed by atoms with Crippen molar-refractivity contribution in [1.82, 2.24) is 4.98 Å². The van der Waals surface area contributed by atoms with Gasteiger partial charge >= 0.3 is 5.97 Å². The summed E-state index contributed by atoms with van der Waals surface area (Å²) in [5.41, 5.74) is 0.238. The van der Waals surface area contributed by atoms with E-state index in [1.165, 1.54) is 18.2 Å². The molecule has 18 heavy (non-hydrogen) atoms. The first-order chi connectivity index (χ1) is 8.65. The zero-order valence-electron chi connectivity index (χ0n) is 9.44. The molecular weight excluding hydrogens is 261 g/mol. The average molecular weight is 270 g/mol. The molecule has 0 radical (unpaired) electrons. The highest BCUT2D eigenvalue weighted by atomic mass is 35.5. The number of halogens is 2. The summed E-state index contributed by atoms with van der Waals surface area (Å²) in [5, 5.41) is -0.125. The second-order valence-electron chi connectivity index (χ2n) is 3.35. The zero-order valence-corrected chi connectivity index (χ0v) is 10.2. The highest BCUT2D eigenvalue weighted by Gasteiger charge is 2.22. The second-order valence-corrected chi connectivity index (χ2v) is 3.73. The number of nitrogens with zero attached hydrogens (tertiary/aromatic N) is 1. The third-order valence-corrected chi connectivity index (χ3v) is 2.62. The fraction of sp³-hybridized carbons (Fsp3) is 0.167. The van der Waals surface area contributed by atoms with Crippen molar-refractivity contribution in [3.05, 3.63) is 41.1 Å². The van der Waals surface area contributed by atoms with Crippen LogP contribution in [0.15, 0.2) is 29.0 Å². The van der Waals surface area contributed by atoms with Gasteiger partial charge in [-0.05, 0) is 19.1 Å². The van der Waals surface area contributed by atoms with Crippen LogP contribution in [0.5, 0.6) is 0 Å². The molecule has 6 heteroatoms. The van der Waals surface area contributed by atoms with Crippen LogP contribution < -0.4 is 0 Å². The van der Waals surface area contributed by atoms with Crippen LogP contribution in [0.25, 0.3) is 11.3 Å². The minimum atomic E-state index is -0.637. The maximum atomic E-state index is 13.3. The molecule has 0 atom stereocenters. The van der Waals surface area contributed by atoms with E-state index in [9.17, 15) is 9.18 Å². The molecule has 2 aromatic rings. The van der Waals surface area contributed by atoms with Gasteiger partial charge in [0.2, 0.25) is 0 Å². The molecule has 1 heterocycles. The molecule has 1 aromatic heterocycles. The summed E-state index contributed by atoms with van der Waals surface area (Å²) in [6.07, 6.45) is 1.09. The van der Waals surface area contributed by atoms with Gasteiger partial charge in [-0.2, -0.15) is 0 Å². The summed E-state index contributed by atoms with van der Waals surface area (Å²) in [7, 11) is 0. The molecule has 0 amide bonds. The molecule has 0 spiro atoms. The van der Waals surface area contributed by atoms with Crippen molar-refractivity contribution >= 4 is 17.6 Å². The van der Waals surface area contributed by atoms with Gasteiger partial charge in [0.15, 0.2) is 17.8 Å². The minimum absolute atomic E-state index is 0.0237. The molecule has 0 bridgehead atoms. The van der Waals surface area contributed by atoms with Crippen LogP contribution in [0.2, 0.25) is 5.02 Å². The maximum Gasteiger partial charge on any atom is 0.360 e. The van der Waals surface area contributed by atoms with Crippen molar-refractivity contribution in [3.8, 4) is 11.3 Å². The first-order valence-corrected chi connectivity index (χ1v) is 5.58. The minimum Gasteiger partial charge on any atom is -0.461 e. The number of rotatable bonds is 3. The first-order valence-electron chi connectivity index (χ1n) is 5.20.